The van der Waals surface area contributed by atoms with E-state index >= 15 is 0 Å². The highest BCUT2D eigenvalue weighted by Gasteiger charge is 2.19. The summed E-state index contributed by atoms with van der Waals surface area (Å²) in [5.41, 5.74) is 1.26. The topological polar surface area (TPSA) is 64.0 Å². The van der Waals surface area contributed by atoms with Crippen LogP contribution in [0.5, 0.6) is 0 Å². The summed E-state index contributed by atoms with van der Waals surface area (Å²) in [5, 5.41) is 5.96. The van der Waals surface area contributed by atoms with Gasteiger partial charge in [0.05, 0.1) is 22.7 Å². The van der Waals surface area contributed by atoms with Crippen LogP contribution in [-0.2, 0) is 11.8 Å². The number of carbonyl (C=O) groups is 1. The molecule has 2 heterocycles. The zero-order chi connectivity index (χ0) is 21.1. The van der Waals surface area contributed by atoms with Crippen LogP contribution in [0.15, 0.2) is 76.0 Å². The molecule has 1 N–H and O–H groups in total. The fraction of sp³-hybridized carbons (Fsp3) is 0.136. The van der Waals surface area contributed by atoms with Crippen LogP contribution in [-0.4, -0.2) is 21.2 Å². The summed E-state index contributed by atoms with van der Waals surface area (Å²) in [6.45, 7) is 0. The average molecular weight is 440 g/mol. The number of thioether (sulfide) groups is 1. The van der Waals surface area contributed by atoms with Crippen LogP contribution in [0.2, 0.25) is 0 Å². The number of nitrogens with one attached hydrogen (secondary N) is 1. The fourth-order valence-corrected chi connectivity index (χ4v) is 4.67. The normalized spacial score (nSPS) is 12.1. The second-order valence-electron chi connectivity index (χ2n) is 6.63. The molecule has 1 atom stereocenters. The monoisotopic (exact) mass is 439 g/mol. The van der Waals surface area contributed by atoms with Gasteiger partial charge < -0.3 is 5.32 Å². The predicted molar refractivity (Wildman–Crippen MR) is 118 cm³/mol. The number of carbonyl (C=O) groups excluding carboxylic acids is 1. The summed E-state index contributed by atoms with van der Waals surface area (Å²) in [5.74, 6) is -0.430. The van der Waals surface area contributed by atoms with Gasteiger partial charge in [-0.25, -0.2) is 9.37 Å². The molecule has 2 aromatic heterocycles. The molecule has 0 aliphatic rings. The van der Waals surface area contributed by atoms with E-state index in [0.29, 0.717) is 16.1 Å². The van der Waals surface area contributed by atoms with Gasteiger partial charge >= 0.3 is 0 Å². The first-order chi connectivity index (χ1) is 14.5. The van der Waals surface area contributed by atoms with Gasteiger partial charge in [-0.15, -0.1) is 11.3 Å². The lowest BCUT2D eigenvalue weighted by atomic mass is 10.1. The number of aromatic nitrogens is 2. The lowest BCUT2D eigenvalue weighted by Crippen LogP contribution is -2.30. The molecule has 1 amide bonds. The van der Waals surface area contributed by atoms with Crippen LogP contribution >= 0.6 is 23.1 Å². The number of amides is 1. The molecular formula is C22H18FN3O2S2. The summed E-state index contributed by atoms with van der Waals surface area (Å²) < 4.78 is 14.8. The standard InChI is InChI=1S/C22H18FN3O2S2/c1-26-21(28)16-5-2-3-6-17(16)24-22(26)30-13-19(27)25-20(18-7-4-12-29-18)14-8-10-15(23)11-9-14/h2-12,20H,13H2,1H3,(H,25,27). The SMILES string of the molecule is Cn1c(SCC(=O)NC(c2ccc(F)cc2)c2cccs2)nc2ccccc2c1=O. The zero-order valence-corrected chi connectivity index (χ0v) is 17.7. The summed E-state index contributed by atoms with van der Waals surface area (Å²) in [6, 6.07) is 16.7. The Hall–Kier alpha value is -2.97. The van der Waals surface area contributed by atoms with E-state index in [1.165, 1.54) is 39.8 Å². The molecule has 4 aromatic rings. The Morgan fingerprint density at radius 2 is 1.93 bits per heavy atom. The number of benzene rings is 2. The molecular weight excluding hydrogens is 421 g/mol. The molecule has 0 radical (unpaired) electrons. The number of hydrogen-bond acceptors (Lipinski definition) is 5. The van der Waals surface area contributed by atoms with Gasteiger partial charge in [0, 0.05) is 11.9 Å². The van der Waals surface area contributed by atoms with Crippen molar-refractivity contribution in [3.8, 4) is 0 Å². The van der Waals surface area contributed by atoms with Crippen LogP contribution < -0.4 is 10.9 Å². The first kappa shape index (κ1) is 20.3. The van der Waals surface area contributed by atoms with Crippen LogP contribution in [0, 0.1) is 5.82 Å². The molecule has 30 heavy (non-hydrogen) atoms. The minimum Gasteiger partial charge on any atom is -0.344 e. The molecule has 8 heteroatoms. The Kier molecular flexibility index (Phi) is 5.96. The molecule has 5 nitrogen and oxygen atoms in total. The third-order valence-corrected chi connectivity index (χ3v) is 6.58. The van der Waals surface area contributed by atoms with Crippen molar-refractivity contribution in [3.05, 3.63) is 92.7 Å². The molecule has 0 fully saturated rings. The van der Waals surface area contributed by atoms with Crippen LogP contribution in [0.4, 0.5) is 4.39 Å². The molecule has 0 aliphatic carbocycles. The van der Waals surface area contributed by atoms with Gasteiger partial charge in [0.1, 0.15) is 5.82 Å². The maximum Gasteiger partial charge on any atom is 0.261 e. The highest BCUT2D eigenvalue weighted by molar-refractivity contribution is 7.99. The second kappa shape index (κ2) is 8.81. The Bertz CT molecular complexity index is 1240. The molecule has 0 spiro atoms. The third kappa shape index (κ3) is 4.29. The Balaban J connectivity index is 1.52. The van der Waals surface area contributed by atoms with Crippen LogP contribution in [0.1, 0.15) is 16.5 Å². The van der Waals surface area contributed by atoms with Crippen molar-refractivity contribution in [2.75, 3.05) is 5.75 Å². The number of rotatable bonds is 6. The van der Waals surface area contributed by atoms with Gasteiger partial charge in [0.15, 0.2) is 5.16 Å². The number of nitrogens with zero attached hydrogens (tertiary/aromatic N) is 2. The summed E-state index contributed by atoms with van der Waals surface area (Å²) in [4.78, 5) is 30.7. The minimum absolute atomic E-state index is 0.0989. The van der Waals surface area contributed by atoms with E-state index in [4.69, 9.17) is 0 Å². The molecule has 0 bridgehead atoms. The predicted octanol–water partition coefficient (Wildman–Crippen LogP) is 4.13. The van der Waals surface area contributed by atoms with Crippen molar-refractivity contribution in [2.24, 2.45) is 7.05 Å². The third-order valence-electron chi connectivity index (χ3n) is 4.61. The van der Waals surface area contributed by atoms with Gasteiger partial charge in [0.25, 0.3) is 5.56 Å². The van der Waals surface area contributed by atoms with Crippen molar-refractivity contribution in [1.82, 2.24) is 14.9 Å². The summed E-state index contributed by atoms with van der Waals surface area (Å²) in [7, 11) is 1.65. The molecule has 0 aliphatic heterocycles. The molecule has 4 rings (SSSR count). The Morgan fingerprint density at radius 3 is 2.67 bits per heavy atom. The smallest absolute Gasteiger partial charge is 0.261 e. The lowest BCUT2D eigenvalue weighted by Gasteiger charge is -2.18. The number of fused-ring (bicyclic) bond motifs is 1. The van der Waals surface area contributed by atoms with Crippen molar-refractivity contribution >= 4 is 39.9 Å². The van der Waals surface area contributed by atoms with E-state index in [9.17, 15) is 14.0 Å². The first-order valence-corrected chi connectivity index (χ1v) is 11.1. The van der Waals surface area contributed by atoms with Crippen molar-refractivity contribution in [3.63, 3.8) is 0 Å². The zero-order valence-electron chi connectivity index (χ0n) is 16.0. The quantitative estimate of drug-likeness (QED) is 0.362. The van der Waals surface area contributed by atoms with Gasteiger partial charge in [0.2, 0.25) is 5.91 Å². The maximum atomic E-state index is 13.3. The van der Waals surface area contributed by atoms with E-state index < -0.39 is 0 Å². The molecule has 152 valence electrons. The van der Waals surface area contributed by atoms with E-state index in [0.717, 1.165) is 10.4 Å². The molecule has 2 aromatic carbocycles. The molecule has 1 unspecified atom stereocenters. The van der Waals surface area contributed by atoms with E-state index in [1.54, 1.807) is 37.4 Å². The fourth-order valence-electron chi connectivity index (χ4n) is 3.09. The highest BCUT2D eigenvalue weighted by atomic mass is 32.2. The molecule has 0 saturated carbocycles. The Labute approximate surface area is 180 Å². The van der Waals surface area contributed by atoms with Gasteiger partial charge in [-0.2, -0.15) is 0 Å². The van der Waals surface area contributed by atoms with Crippen LogP contribution in [0.3, 0.4) is 0 Å². The van der Waals surface area contributed by atoms with E-state index in [-0.39, 0.29) is 29.1 Å². The molecule has 0 saturated heterocycles. The highest BCUT2D eigenvalue weighted by Crippen LogP contribution is 2.27. The average Bonchev–Trinajstić information content (AvgIpc) is 3.29. The van der Waals surface area contributed by atoms with E-state index in [1.807, 2.05) is 23.6 Å². The second-order valence-corrected chi connectivity index (χ2v) is 8.55. The van der Waals surface area contributed by atoms with E-state index in [2.05, 4.69) is 10.3 Å². The minimum atomic E-state index is -0.368. The Morgan fingerprint density at radius 1 is 1.17 bits per heavy atom. The number of halogens is 1. The maximum absolute atomic E-state index is 13.3. The number of thiophene rings is 1. The lowest BCUT2D eigenvalue weighted by molar-refractivity contribution is -0.119. The van der Waals surface area contributed by atoms with Crippen molar-refractivity contribution in [1.29, 1.82) is 0 Å². The first-order valence-electron chi connectivity index (χ1n) is 9.20. The van der Waals surface area contributed by atoms with Gasteiger partial charge in [-0.1, -0.05) is 42.1 Å². The van der Waals surface area contributed by atoms with Gasteiger partial charge in [-0.3, -0.25) is 14.2 Å². The van der Waals surface area contributed by atoms with Crippen molar-refractivity contribution in [2.45, 2.75) is 11.2 Å². The largest absolute Gasteiger partial charge is 0.344 e. The van der Waals surface area contributed by atoms with Crippen LogP contribution in [0.25, 0.3) is 10.9 Å². The number of para-hydroxylation sites is 1. The summed E-state index contributed by atoms with van der Waals surface area (Å²) >= 11 is 2.72. The van der Waals surface area contributed by atoms with Crippen molar-refractivity contribution < 1.29 is 9.18 Å². The number of hydrogen-bond donors (Lipinski definition) is 1. The van der Waals surface area contributed by atoms with Gasteiger partial charge in [-0.05, 0) is 41.3 Å². The summed E-state index contributed by atoms with van der Waals surface area (Å²) in [6.07, 6.45) is 0.